The van der Waals surface area contributed by atoms with Crippen molar-refractivity contribution in [3.8, 4) is 0 Å². The van der Waals surface area contributed by atoms with Crippen LogP contribution in [0.4, 0.5) is 10.1 Å². The van der Waals surface area contributed by atoms with Crippen LogP contribution in [-0.2, 0) is 11.3 Å². The minimum absolute atomic E-state index is 0.330. The standard InChI is InChI=1S/C15H17FN2O2S/c16-13-6-1-2-7-14(13)18-15(21)17-8-4-9-19-11-12-5-3-10-20-12/h1-3,5-7,10H,4,8-9,11H2,(H2,17,18,21). The van der Waals surface area contributed by atoms with Crippen molar-refractivity contribution >= 4 is 23.0 Å². The van der Waals surface area contributed by atoms with Gasteiger partial charge in [-0.1, -0.05) is 12.1 Å². The van der Waals surface area contributed by atoms with Crippen LogP contribution in [0.3, 0.4) is 0 Å². The second-order valence-corrected chi connectivity index (χ2v) is 4.75. The molecule has 0 bridgehead atoms. The number of ether oxygens (including phenoxy) is 1. The van der Waals surface area contributed by atoms with Gasteiger partial charge in [-0.15, -0.1) is 0 Å². The van der Waals surface area contributed by atoms with Crippen molar-refractivity contribution in [3.05, 3.63) is 54.2 Å². The fourth-order valence-corrected chi connectivity index (χ4v) is 1.88. The Balaban J connectivity index is 1.56. The van der Waals surface area contributed by atoms with Crippen molar-refractivity contribution in [2.45, 2.75) is 13.0 Å². The normalized spacial score (nSPS) is 10.3. The van der Waals surface area contributed by atoms with Crippen molar-refractivity contribution in [2.24, 2.45) is 0 Å². The van der Waals surface area contributed by atoms with Crippen molar-refractivity contribution in [3.63, 3.8) is 0 Å². The summed E-state index contributed by atoms with van der Waals surface area (Å²) in [5.74, 6) is 0.475. The smallest absolute Gasteiger partial charge is 0.170 e. The van der Waals surface area contributed by atoms with Gasteiger partial charge in [0.05, 0.1) is 12.0 Å². The predicted molar refractivity (Wildman–Crippen MR) is 83.6 cm³/mol. The maximum atomic E-state index is 13.4. The molecule has 1 aromatic heterocycles. The SMILES string of the molecule is Fc1ccccc1NC(=S)NCCCOCc1ccco1. The highest BCUT2D eigenvalue weighted by molar-refractivity contribution is 7.80. The van der Waals surface area contributed by atoms with Crippen LogP contribution in [0.5, 0.6) is 0 Å². The van der Waals surface area contributed by atoms with E-state index in [4.69, 9.17) is 21.4 Å². The molecule has 21 heavy (non-hydrogen) atoms. The summed E-state index contributed by atoms with van der Waals surface area (Å²) in [6.45, 7) is 1.71. The molecule has 0 amide bonds. The number of anilines is 1. The van der Waals surface area contributed by atoms with Crippen LogP contribution < -0.4 is 10.6 Å². The van der Waals surface area contributed by atoms with E-state index in [0.29, 0.717) is 30.6 Å². The summed E-state index contributed by atoms with van der Waals surface area (Å²) >= 11 is 5.09. The van der Waals surface area contributed by atoms with Gasteiger partial charge in [0.2, 0.25) is 0 Å². The third kappa shape index (κ3) is 5.53. The van der Waals surface area contributed by atoms with Crippen LogP contribution >= 0.6 is 12.2 Å². The summed E-state index contributed by atoms with van der Waals surface area (Å²) in [4.78, 5) is 0. The highest BCUT2D eigenvalue weighted by Crippen LogP contribution is 2.11. The van der Waals surface area contributed by atoms with Crippen LogP contribution in [0.15, 0.2) is 47.1 Å². The Kier molecular flexibility index (Phi) is 6.18. The summed E-state index contributed by atoms with van der Waals surface area (Å²) in [7, 11) is 0. The van der Waals surface area contributed by atoms with Gasteiger partial charge in [-0.05, 0) is 42.9 Å². The van der Waals surface area contributed by atoms with E-state index in [1.165, 1.54) is 6.07 Å². The molecule has 2 rings (SSSR count). The predicted octanol–water partition coefficient (Wildman–Crippen LogP) is 3.31. The summed E-state index contributed by atoms with van der Waals surface area (Å²) in [6.07, 6.45) is 2.41. The molecular formula is C15H17FN2O2S. The molecule has 0 saturated carbocycles. The second kappa shape index (κ2) is 8.39. The average Bonchev–Trinajstić information content (AvgIpc) is 2.98. The molecule has 0 fully saturated rings. The number of para-hydroxylation sites is 1. The number of thiocarbonyl (C=S) groups is 1. The number of furan rings is 1. The number of benzene rings is 1. The monoisotopic (exact) mass is 308 g/mol. The summed E-state index contributed by atoms with van der Waals surface area (Å²) in [6, 6.07) is 10.1. The molecule has 0 aliphatic carbocycles. The highest BCUT2D eigenvalue weighted by atomic mass is 32.1. The van der Waals surface area contributed by atoms with E-state index < -0.39 is 0 Å². The number of nitrogens with one attached hydrogen (secondary N) is 2. The zero-order valence-corrected chi connectivity index (χ0v) is 12.3. The van der Waals surface area contributed by atoms with Crippen LogP contribution in [0.2, 0.25) is 0 Å². The maximum Gasteiger partial charge on any atom is 0.170 e. The molecule has 6 heteroatoms. The van der Waals surface area contributed by atoms with Gasteiger partial charge >= 0.3 is 0 Å². The number of halogens is 1. The third-order valence-corrected chi connectivity index (χ3v) is 2.94. The largest absolute Gasteiger partial charge is 0.467 e. The van der Waals surface area contributed by atoms with Gasteiger partial charge in [0.1, 0.15) is 18.2 Å². The van der Waals surface area contributed by atoms with Gasteiger partial charge in [-0.25, -0.2) is 4.39 Å². The first kappa shape index (κ1) is 15.5. The molecule has 0 saturated heterocycles. The first-order valence-electron chi connectivity index (χ1n) is 6.65. The molecule has 0 unspecified atom stereocenters. The second-order valence-electron chi connectivity index (χ2n) is 4.35. The number of hydrogen-bond donors (Lipinski definition) is 2. The van der Waals surface area contributed by atoms with E-state index >= 15 is 0 Å². The summed E-state index contributed by atoms with van der Waals surface area (Å²) < 4.78 is 24.0. The summed E-state index contributed by atoms with van der Waals surface area (Å²) in [5, 5.41) is 6.21. The topological polar surface area (TPSA) is 46.4 Å². The lowest BCUT2D eigenvalue weighted by molar-refractivity contribution is 0.105. The van der Waals surface area contributed by atoms with E-state index in [1.54, 1.807) is 24.5 Å². The van der Waals surface area contributed by atoms with Gasteiger partial charge in [0.25, 0.3) is 0 Å². The molecule has 0 aliphatic rings. The fourth-order valence-electron chi connectivity index (χ4n) is 1.67. The Bertz CT molecular complexity index is 561. The third-order valence-electron chi connectivity index (χ3n) is 2.70. The molecule has 112 valence electrons. The van der Waals surface area contributed by atoms with Crippen LogP contribution in [0, 0.1) is 5.82 Å². The average molecular weight is 308 g/mol. The molecule has 0 aliphatic heterocycles. The van der Waals surface area contributed by atoms with E-state index in [2.05, 4.69) is 10.6 Å². The first-order chi connectivity index (χ1) is 10.3. The molecule has 2 aromatic rings. The van der Waals surface area contributed by atoms with Gasteiger partial charge in [0, 0.05) is 13.2 Å². The van der Waals surface area contributed by atoms with Crippen molar-refractivity contribution in [1.82, 2.24) is 5.32 Å². The molecule has 0 spiro atoms. The van der Waals surface area contributed by atoms with E-state index in [9.17, 15) is 4.39 Å². The molecule has 0 atom stereocenters. The Labute approximate surface area is 128 Å². The van der Waals surface area contributed by atoms with Crippen LogP contribution in [0.1, 0.15) is 12.2 Å². The zero-order chi connectivity index (χ0) is 14.9. The van der Waals surface area contributed by atoms with Crippen molar-refractivity contribution in [2.75, 3.05) is 18.5 Å². The van der Waals surface area contributed by atoms with Gasteiger partial charge in [-0.3, -0.25) is 0 Å². The molecule has 0 radical (unpaired) electrons. The molecular weight excluding hydrogens is 291 g/mol. The van der Waals surface area contributed by atoms with E-state index in [1.807, 2.05) is 12.1 Å². The highest BCUT2D eigenvalue weighted by Gasteiger charge is 2.02. The van der Waals surface area contributed by atoms with Crippen molar-refractivity contribution in [1.29, 1.82) is 0 Å². The lowest BCUT2D eigenvalue weighted by Gasteiger charge is -2.11. The lowest BCUT2D eigenvalue weighted by Crippen LogP contribution is -2.30. The van der Waals surface area contributed by atoms with E-state index in [0.717, 1.165) is 12.2 Å². The zero-order valence-electron chi connectivity index (χ0n) is 11.5. The van der Waals surface area contributed by atoms with Crippen LogP contribution in [-0.4, -0.2) is 18.3 Å². The maximum absolute atomic E-state index is 13.4. The Hall–Kier alpha value is -1.92. The van der Waals surface area contributed by atoms with E-state index in [-0.39, 0.29) is 5.82 Å². The van der Waals surface area contributed by atoms with Crippen LogP contribution in [0.25, 0.3) is 0 Å². The Morgan fingerprint density at radius 2 is 2.10 bits per heavy atom. The minimum Gasteiger partial charge on any atom is -0.467 e. The quantitative estimate of drug-likeness (QED) is 0.607. The summed E-state index contributed by atoms with van der Waals surface area (Å²) in [5.41, 5.74) is 0.365. The van der Waals surface area contributed by atoms with Crippen molar-refractivity contribution < 1.29 is 13.5 Å². The number of rotatable bonds is 7. The lowest BCUT2D eigenvalue weighted by atomic mass is 10.3. The molecule has 4 nitrogen and oxygen atoms in total. The van der Waals surface area contributed by atoms with Gasteiger partial charge in [-0.2, -0.15) is 0 Å². The Morgan fingerprint density at radius 1 is 1.24 bits per heavy atom. The van der Waals surface area contributed by atoms with Gasteiger partial charge < -0.3 is 19.8 Å². The minimum atomic E-state index is -0.330. The molecule has 2 N–H and O–H groups in total. The Morgan fingerprint density at radius 3 is 2.86 bits per heavy atom. The molecule has 1 aromatic carbocycles. The molecule has 1 heterocycles. The first-order valence-corrected chi connectivity index (χ1v) is 7.06. The fraction of sp³-hybridized carbons (Fsp3) is 0.267. The number of hydrogen-bond acceptors (Lipinski definition) is 3. The van der Waals surface area contributed by atoms with Gasteiger partial charge in [0.15, 0.2) is 5.11 Å².